The zero-order chi connectivity index (χ0) is 14.1. The zero-order valence-corrected chi connectivity index (χ0v) is 10.4. The number of hydrogen-bond acceptors (Lipinski definition) is 5. The summed E-state index contributed by atoms with van der Waals surface area (Å²) in [6.07, 6.45) is 1.44. The van der Waals surface area contributed by atoms with Crippen LogP contribution in [0.25, 0.3) is 22.8 Å². The highest BCUT2D eigenvalue weighted by Crippen LogP contribution is 2.24. The Hall–Kier alpha value is -3.01. The Bertz CT molecular complexity index is 814. The van der Waals surface area contributed by atoms with Crippen molar-refractivity contribution in [2.24, 2.45) is 0 Å². The molecule has 0 fully saturated rings. The summed E-state index contributed by atoms with van der Waals surface area (Å²) in [4.78, 5) is 4.19. The standard InChI is InChI=1S/C13H8FN5O/c1-7-4-8(2-3-10(7)14)12-17-13(20-19-12)9-6-16-18-11(9)5-15/h2-4,6H,1H3,(H,16,18). The van der Waals surface area contributed by atoms with E-state index >= 15 is 0 Å². The maximum absolute atomic E-state index is 13.2. The van der Waals surface area contributed by atoms with Gasteiger partial charge in [0.05, 0.1) is 11.8 Å². The fourth-order valence-electron chi connectivity index (χ4n) is 1.77. The highest BCUT2D eigenvalue weighted by atomic mass is 19.1. The van der Waals surface area contributed by atoms with Crippen molar-refractivity contribution in [1.82, 2.24) is 20.3 Å². The van der Waals surface area contributed by atoms with Crippen LogP contribution in [0.4, 0.5) is 4.39 Å². The molecule has 0 saturated heterocycles. The molecule has 98 valence electrons. The number of aromatic amines is 1. The topological polar surface area (TPSA) is 91.4 Å². The van der Waals surface area contributed by atoms with Crippen LogP contribution in [0.2, 0.25) is 0 Å². The molecule has 0 saturated carbocycles. The first-order valence-electron chi connectivity index (χ1n) is 5.73. The maximum Gasteiger partial charge on any atom is 0.262 e. The van der Waals surface area contributed by atoms with Crippen LogP contribution in [0.5, 0.6) is 0 Å². The van der Waals surface area contributed by atoms with Gasteiger partial charge in [0.15, 0.2) is 0 Å². The van der Waals surface area contributed by atoms with Crippen molar-refractivity contribution in [2.75, 3.05) is 0 Å². The minimum Gasteiger partial charge on any atom is -0.333 e. The zero-order valence-electron chi connectivity index (χ0n) is 10.4. The summed E-state index contributed by atoms with van der Waals surface area (Å²) in [7, 11) is 0. The third-order valence-electron chi connectivity index (χ3n) is 2.82. The minimum absolute atomic E-state index is 0.187. The van der Waals surface area contributed by atoms with Gasteiger partial charge in [0.2, 0.25) is 5.82 Å². The Morgan fingerprint density at radius 1 is 1.40 bits per heavy atom. The lowest BCUT2D eigenvalue weighted by atomic mass is 10.1. The molecule has 0 aliphatic carbocycles. The van der Waals surface area contributed by atoms with Crippen molar-refractivity contribution in [1.29, 1.82) is 5.26 Å². The molecule has 3 aromatic rings. The third kappa shape index (κ3) is 1.93. The molecule has 0 atom stereocenters. The number of nitrogens with one attached hydrogen (secondary N) is 1. The van der Waals surface area contributed by atoms with Crippen molar-refractivity contribution in [3.05, 3.63) is 41.5 Å². The van der Waals surface area contributed by atoms with E-state index in [0.717, 1.165) is 0 Å². The second-order valence-electron chi connectivity index (χ2n) is 4.16. The summed E-state index contributed by atoms with van der Waals surface area (Å²) >= 11 is 0. The van der Waals surface area contributed by atoms with E-state index in [2.05, 4.69) is 20.3 Å². The first-order chi connectivity index (χ1) is 9.69. The number of nitrogens with zero attached hydrogens (tertiary/aromatic N) is 4. The number of aryl methyl sites for hydroxylation is 1. The average Bonchev–Trinajstić information content (AvgIpc) is 3.09. The fourth-order valence-corrected chi connectivity index (χ4v) is 1.77. The molecular weight excluding hydrogens is 261 g/mol. The average molecular weight is 269 g/mol. The van der Waals surface area contributed by atoms with Crippen LogP contribution in [-0.2, 0) is 0 Å². The Balaban J connectivity index is 2.02. The number of nitriles is 1. The van der Waals surface area contributed by atoms with Crippen LogP contribution in [0.1, 0.15) is 11.3 Å². The molecule has 2 aromatic heterocycles. The van der Waals surface area contributed by atoms with Gasteiger partial charge in [-0.3, -0.25) is 5.10 Å². The predicted molar refractivity (Wildman–Crippen MR) is 66.7 cm³/mol. The molecule has 0 amide bonds. The molecule has 20 heavy (non-hydrogen) atoms. The van der Waals surface area contributed by atoms with E-state index in [1.807, 2.05) is 6.07 Å². The van der Waals surface area contributed by atoms with Crippen molar-refractivity contribution in [3.63, 3.8) is 0 Å². The molecule has 0 spiro atoms. The van der Waals surface area contributed by atoms with E-state index in [1.54, 1.807) is 19.1 Å². The number of rotatable bonds is 2. The Kier molecular flexibility index (Phi) is 2.76. The first kappa shape index (κ1) is 12.0. The summed E-state index contributed by atoms with van der Waals surface area (Å²) in [6.45, 7) is 1.66. The molecule has 7 heteroatoms. The summed E-state index contributed by atoms with van der Waals surface area (Å²) in [5.74, 6) is 0.222. The number of hydrogen-bond donors (Lipinski definition) is 1. The largest absolute Gasteiger partial charge is 0.333 e. The summed E-state index contributed by atoms with van der Waals surface area (Å²) < 4.78 is 18.3. The lowest BCUT2D eigenvalue weighted by molar-refractivity contribution is 0.432. The van der Waals surface area contributed by atoms with Gasteiger partial charge in [-0.05, 0) is 30.7 Å². The molecule has 0 aliphatic rings. The number of H-pyrrole nitrogens is 1. The normalized spacial score (nSPS) is 10.4. The third-order valence-corrected chi connectivity index (χ3v) is 2.82. The highest BCUT2D eigenvalue weighted by molar-refractivity contribution is 5.63. The minimum atomic E-state index is -0.293. The van der Waals surface area contributed by atoms with Crippen molar-refractivity contribution >= 4 is 0 Å². The second-order valence-corrected chi connectivity index (χ2v) is 4.16. The molecule has 0 bridgehead atoms. The molecule has 1 aromatic carbocycles. The van der Waals surface area contributed by atoms with Gasteiger partial charge in [-0.2, -0.15) is 15.3 Å². The van der Waals surface area contributed by atoms with Crippen molar-refractivity contribution in [2.45, 2.75) is 6.92 Å². The van der Waals surface area contributed by atoms with E-state index in [0.29, 0.717) is 22.5 Å². The number of benzene rings is 1. The Labute approximate surface area is 112 Å². The van der Waals surface area contributed by atoms with Crippen LogP contribution in [-0.4, -0.2) is 20.3 Å². The molecule has 0 unspecified atom stereocenters. The molecular formula is C13H8FN5O. The summed E-state index contributed by atoms with van der Waals surface area (Å²) in [5.41, 5.74) is 1.82. The number of aromatic nitrogens is 4. The smallest absolute Gasteiger partial charge is 0.262 e. The van der Waals surface area contributed by atoms with Gasteiger partial charge in [-0.15, -0.1) is 0 Å². The highest BCUT2D eigenvalue weighted by Gasteiger charge is 2.16. The van der Waals surface area contributed by atoms with Crippen molar-refractivity contribution in [3.8, 4) is 28.9 Å². The Morgan fingerprint density at radius 3 is 3.00 bits per heavy atom. The van der Waals surface area contributed by atoms with E-state index in [4.69, 9.17) is 9.78 Å². The SMILES string of the molecule is Cc1cc(-c2noc(-c3cn[nH]c3C#N)n2)ccc1F. The van der Waals surface area contributed by atoms with Gasteiger partial charge in [0.25, 0.3) is 5.89 Å². The van der Waals surface area contributed by atoms with Crippen LogP contribution < -0.4 is 0 Å². The lowest BCUT2D eigenvalue weighted by Gasteiger charge is -1.97. The monoisotopic (exact) mass is 269 g/mol. The molecule has 0 radical (unpaired) electrons. The van der Waals surface area contributed by atoms with Crippen LogP contribution in [0, 0.1) is 24.1 Å². The van der Waals surface area contributed by atoms with Gasteiger partial charge < -0.3 is 4.52 Å². The lowest BCUT2D eigenvalue weighted by Crippen LogP contribution is -1.86. The second kappa shape index (κ2) is 4.59. The Morgan fingerprint density at radius 2 is 2.25 bits per heavy atom. The van der Waals surface area contributed by atoms with E-state index in [9.17, 15) is 4.39 Å². The van der Waals surface area contributed by atoms with E-state index in [1.165, 1.54) is 12.3 Å². The quantitative estimate of drug-likeness (QED) is 0.771. The van der Waals surface area contributed by atoms with E-state index in [-0.39, 0.29) is 17.4 Å². The van der Waals surface area contributed by atoms with Gasteiger partial charge in [0.1, 0.15) is 17.6 Å². The van der Waals surface area contributed by atoms with Gasteiger partial charge in [-0.25, -0.2) is 4.39 Å². The van der Waals surface area contributed by atoms with Gasteiger partial charge in [0, 0.05) is 5.56 Å². The number of halogens is 1. The van der Waals surface area contributed by atoms with Gasteiger partial charge >= 0.3 is 0 Å². The predicted octanol–water partition coefficient (Wildman–Crippen LogP) is 2.45. The van der Waals surface area contributed by atoms with Crippen molar-refractivity contribution < 1.29 is 8.91 Å². The fraction of sp³-hybridized carbons (Fsp3) is 0.0769. The maximum atomic E-state index is 13.2. The molecule has 3 rings (SSSR count). The first-order valence-corrected chi connectivity index (χ1v) is 5.73. The van der Waals surface area contributed by atoms with Crippen LogP contribution in [0.3, 0.4) is 0 Å². The van der Waals surface area contributed by atoms with Crippen LogP contribution >= 0.6 is 0 Å². The molecule has 6 nitrogen and oxygen atoms in total. The summed E-state index contributed by atoms with van der Waals surface area (Å²) in [5, 5.41) is 19.0. The molecule has 2 heterocycles. The van der Waals surface area contributed by atoms with E-state index < -0.39 is 0 Å². The molecule has 1 N–H and O–H groups in total. The molecule has 0 aliphatic heterocycles. The van der Waals surface area contributed by atoms with Crippen LogP contribution in [0.15, 0.2) is 28.9 Å². The summed E-state index contributed by atoms with van der Waals surface area (Å²) in [6, 6.07) is 6.49. The van der Waals surface area contributed by atoms with Gasteiger partial charge in [-0.1, -0.05) is 5.16 Å².